The maximum atomic E-state index is 13.3. The molecule has 1 atom stereocenters. The monoisotopic (exact) mass is 578 g/mol. The normalized spacial score (nSPS) is 14.8. The molecule has 13 heteroatoms. The van der Waals surface area contributed by atoms with Gasteiger partial charge in [0.05, 0.1) is 39.9 Å². The van der Waals surface area contributed by atoms with Gasteiger partial charge in [0, 0.05) is 36.6 Å². The molecule has 0 aliphatic carbocycles. The van der Waals surface area contributed by atoms with E-state index in [1.807, 2.05) is 23.1 Å². The lowest BCUT2D eigenvalue weighted by Gasteiger charge is -2.32. The van der Waals surface area contributed by atoms with E-state index in [-0.39, 0.29) is 17.4 Å². The number of esters is 1. The predicted molar refractivity (Wildman–Crippen MR) is 156 cm³/mol. The van der Waals surface area contributed by atoms with Gasteiger partial charge in [-0.05, 0) is 37.1 Å². The van der Waals surface area contributed by atoms with Crippen LogP contribution < -0.4 is 29.7 Å². The first-order valence-electron chi connectivity index (χ1n) is 12.9. The van der Waals surface area contributed by atoms with Crippen LogP contribution in [0, 0.1) is 5.92 Å². The first-order valence-corrected chi connectivity index (χ1v) is 13.7. The quantitative estimate of drug-likeness (QED) is 0.272. The number of carbonyl (C=O) groups is 2. The number of ether oxygens (including phenoxy) is 4. The van der Waals surface area contributed by atoms with Crippen molar-refractivity contribution in [2.45, 2.75) is 12.8 Å². The number of hydrogen-bond acceptors (Lipinski definition) is 12. The van der Waals surface area contributed by atoms with Crippen molar-refractivity contribution in [3.8, 4) is 17.2 Å². The molecular weight excluding hydrogens is 548 g/mol. The number of benzene rings is 2. The van der Waals surface area contributed by atoms with Gasteiger partial charge in [-0.1, -0.05) is 0 Å². The van der Waals surface area contributed by atoms with Gasteiger partial charge in [-0.15, -0.1) is 11.3 Å². The zero-order chi connectivity index (χ0) is 28.9. The summed E-state index contributed by atoms with van der Waals surface area (Å²) in [5.41, 5.74) is 3.95. The molecule has 0 bridgehead atoms. The number of nitrogens with zero attached hydrogens (tertiary/aromatic N) is 4. The Morgan fingerprint density at radius 1 is 0.951 bits per heavy atom. The SMILES string of the molecule is COC(=O)c1ccc(NC(=O)[C@@H]2CCCN(c3nc(Nc4ccc(OC)c(OC)c4)c4ncsc4n3)C2)cc1OC. The Labute approximate surface area is 240 Å². The van der Waals surface area contributed by atoms with Gasteiger partial charge in [-0.2, -0.15) is 9.97 Å². The van der Waals surface area contributed by atoms with Crippen molar-refractivity contribution in [2.75, 3.05) is 57.1 Å². The van der Waals surface area contributed by atoms with Crippen LogP contribution in [0.2, 0.25) is 0 Å². The second-order valence-electron chi connectivity index (χ2n) is 9.25. The van der Waals surface area contributed by atoms with Crippen molar-refractivity contribution in [2.24, 2.45) is 5.92 Å². The number of hydrogen-bond donors (Lipinski definition) is 2. The van der Waals surface area contributed by atoms with Crippen LogP contribution in [0.4, 0.5) is 23.1 Å². The Balaban J connectivity index is 1.34. The van der Waals surface area contributed by atoms with Crippen molar-refractivity contribution >= 4 is 56.7 Å². The van der Waals surface area contributed by atoms with Crippen molar-refractivity contribution in [1.82, 2.24) is 15.0 Å². The summed E-state index contributed by atoms with van der Waals surface area (Å²) >= 11 is 1.42. The molecule has 3 heterocycles. The standard InChI is InChI=1S/C28H30N6O6S/c1-37-20-10-8-17(13-22(20)39-3)30-24-23-26(41-15-29-23)33-28(32-24)34-11-5-6-16(14-34)25(35)31-18-7-9-19(27(36)40-4)21(12-18)38-2/h7-10,12-13,15-16H,5-6,11,14H2,1-4H3,(H,31,35)(H,30,32,33)/t16-/m1/s1. The number of amides is 1. The van der Waals surface area contributed by atoms with Gasteiger partial charge in [0.15, 0.2) is 22.1 Å². The molecule has 1 aliphatic rings. The predicted octanol–water partition coefficient (Wildman–Crippen LogP) is 4.50. The maximum absolute atomic E-state index is 13.3. The second-order valence-corrected chi connectivity index (χ2v) is 10.1. The van der Waals surface area contributed by atoms with Crippen LogP contribution in [0.15, 0.2) is 41.9 Å². The highest BCUT2D eigenvalue weighted by atomic mass is 32.1. The summed E-state index contributed by atoms with van der Waals surface area (Å²) in [6.07, 6.45) is 1.52. The number of thiazole rings is 1. The van der Waals surface area contributed by atoms with Crippen LogP contribution in [0.5, 0.6) is 17.2 Å². The molecule has 0 saturated carbocycles. The van der Waals surface area contributed by atoms with Gasteiger partial charge in [-0.25, -0.2) is 9.78 Å². The number of nitrogens with one attached hydrogen (secondary N) is 2. The van der Waals surface area contributed by atoms with Gasteiger partial charge in [0.25, 0.3) is 0 Å². The topological polar surface area (TPSA) is 137 Å². The van der Waals surface area contributed by atoms with E-state index in [2.05, 4.69) is 15.6 Å². The van der Waals surface area contributed by atoms with E-state index in [0.29, 0.717) is 53.3 Å². The lowest BCUT2D eigenvalue weighted by molar-refractivity contribution is -0.120. The van der Waals surface area contributed by atoms with Crippen molar-refractivity contribution in [3.05, 3.63) is 47.5 Å². The highest BCUT2D eigenvalue weighted by Crippen LogP contribution is 2.34. The molecule has 0 unspecified atom stereocenters. The average Bonchev–Trinajstić information content (AvgIpc) is 3.50. The Hall–Kier alpha value is -4.65. The molecule has 2 aromatic heterocycles. The average molecular weight is 579 g/mol. The van der Waals surface area contributed by atoms with E-state index in [9.17, 15) is 9.59 Å². The van der Waals surface area contributed by atoms with E-state index in [1.165, 1.54) is 25.6 Å². The number of aromatic nitrogens is 3. The van der Waals surface area contributed by atoms with Crippen LogP contribution in [-0.4, -0.2) is 68.4 Å². The number of methoxy groups -OCH3 is 4. The Kier molecular flexibility index (Phi) is 8.34. The molecule has 4 aromatic rings. The molecule has 2 N–H and O–H groups in total. The second kappa shape index (κ2) is 12.3. The van der Waals surface area contributed by atoms with Crippen LogP contribution >= 0.6 is 11.3 Å². The molecule has 1 fully saturated rings. The molecule has 1 saturated heterocycles. The number of fused-ring (bicyclic) bond motifs is 1. The van der Waals surface area contributed by atoms with E-state index in [1.54, 1.807) is 37.9 Å². The summed E-state index contributed by atoms with van der Waals surface area (Å²) < 4.78 is 20.9. The third-order valence-electron chi connectivity index (χ3n) is 6.78. The fourth-order valence-corrected chi connectivity index (χ4v) is 5.35. The Bertz CT molecular complexity index is 1580. The van der Waals surface area contributed by atoms with Crippen LogP contribution in [0.25, 0.3) is 10.3 Å². The fourth-order valence-electron chi connectivity index (χ4n) is 4.69. The van der Waals surface area contributed by atoms with Gasteiger partial charge in [-0.3, -0.25) is 4.79 Å². The van der Waals surface area contributed by atoms with Gasteiger partial charge < -0.3 is 34.5 Å². The molecule has 2 aromatic carbocycles. The van der Waals surface area contributed by atoms with E-state index >= 15 is 0 Å². The zero-order valence-electron chi connectivity index (χ0n) is 23.1. The minimum Gasteiger partial charge on any atom is -0.496 e. The minimum absolute atomic E-state index is 0.134. The summed E-state index contributed by atoms with van der Waals surface area (Å²) in [6, 6.07) is 10.3. The molecule has 1 amide bonds. The lowest BCUT2D eigenvalue weighted by atomic mass is 9.97. The molecule has 0 spiro atoms. The van der Waals surface area contributed by atoms with Crippen LogP contribution in [-0.2, 0) is 9.53 Å². The molecule has 5 rings (SSSR count). The molecule has 1 aliphatic heterocycles. The van der Waals surface area contributed by atoms with E-state index < -0.39 is 5.97 Å². The molecule has 41 heavy (non-hydrogen) atoms. The Morgan fingerprint density at radius 3 is 2.46 bits per heavy atom. The Morgan fingerprint density at radius 2 is 1.71 bits per heavy atom. The van der Waals surface area contributed by atoms with E-state index in [0.717, 1.165) is 23.4 Å². The largest absolute Gasteiger partial charge is 0.496 e. The number of carbonyl (C=O) groups excluding carboxylic acids is 2. The summed E-state index contributed by atoms with van der Waals surface area (Å²) in [5.74, 6) is 1.66. The van der Waals surface area contributed by atoms with Gasteiger partial charge in [0.1, 0.15) is 16.8 Å². The van der Waals surface area contributed by atoms with Crippen molar-refractivity contribution < 1.29 is 28.5 Å². The zero-order valence-corrected chi connectivity index (χ0v) is 23.9. The van der Waals surface area contributed by atoms with Crippen molar-refractivity contribution in [3.63, 3.8) is 0 Å². The van der Waals surface area contributed by atoms with Gasteiger partial charge >= 0.3 is 5.97 Å². The summed E-state index contributed by atoms with van der Waals surface area (Å²) in [4.78, 5) is 42.0. The molecule has 12 nitrogen and oxygen atoms in total. The third kappa shape index (κ3) is 5.94. The number of piperidine rings is 1. The lowest BCUT2D eigenvalue weighted by Crippen LogP contribution is -2.41. The van der Waals surface area contributed by atoms with E-state index in [4.69, 9.17) is 28.9 Å². The summed E-state index contributed by atoms with van der Waals surface area (Å²) in [5, 5.41) is 6.29. The maximum Gasteiger partial charge on any atom is 0.341 e. The fraction of sp³-hybridized carbons (Fsp3) is 0.321. The van der Waals surface area contributed by atoms with Crippen LogP contribution in [0.1, 0.15) is 23.2 Å². The summed E-state index contributed by atoms with van der Waals surface area (Å²) in [7, 11) is 5.93. The van der Waals surface area contributed by atoms with Crippen molar-refractivity contribution in [1.29, 1.82) is 0 Å². The first kappa shape index (κ1) is 27.9. The van der Waals surface area contributed by atoms with Gasteiger partial charge in [0.2, 0.25) is 11.9 Å². The number of rotatable bonds is 9. The highest BCUT2D eigenvalue weighted by Gasteiger charge is 2.28. The summed E-state index contributed by atoms with van der Waals surface area (Å²) in [6.45, 7) is 1.16. The highest BCUT2D eigenvalue weighted by molar-refractivity contribution is 7.16. The van der Waals surface area contributed by atoms with Crippen LogP contribution in [0.3, 0.4) is 0 Å². The first-order chi connectivity index (χ1) is 19.9. The molecule has 214 valence electrons. The molecular formula is C28H30N6O6S. The minimum atomic E-state index is -0.513. The molecule has 0 radical (unpaired) electrons. The third-order valence-corrected chi connectivity index (χ3v) is 7.50. The smallest absolute Gasteiger partial charge is 0.341 e. The number of anilines is 4.